The molecule has 0 aromatic heterocycles. The molecule has 4 rings (SSSR count). The zero-order chi connectivity index (χ0) is 19.8. The van der Waals surface area contributed by atoms with Gasteiger partial charge in [-0.05, 0) is 54.7 Å². The number of halogens is 2. The van der Waals surface area contributed by atoms with Gasteiger partial charge in [0.05, 0.1) is 11.3 Å². The van der Waals surface area contributed by atoms with E-state index in [4.69, 9.17) is 0 Å². The average Bonchev–Trinajstić information content (AvgIpc) is 2.93. The minimum absolute atomic E-state index is 0.190. The van der Waals surface area contributed by atoms with Crippen LogP contribution in [0.3, 0.4) is 0 Å². The van der Waals surface area contributed by atoms with Gasteiger partial charge >= 0.3 is 0 Å². The summed E-state index contributed by atoms with van der Waals surface area (Å²) in [6, 6.07) is 10.9. The first kappa shape index (κ1) is 18.3. The summed E-state index contributed by atoms with van der Waals surface area (Å²) < 4.78 is 27.1. The number of likely N-dealkylation sites (tertiary alicyclic amines) is 1. The van der Waals surface area contributed by atoms with E-state index >= 15 is 0 Å². The Balaban J connectivity index is 1.81. The molecule has 0 saturated carbocycles. The van der Waals surface area contributed by atoms with Crippen LogP contribution < -0.4 is 4.90 Å². The lowest BCUT2D eigenvalue weighted by atomic mass is 9.97. The van der Waals surface area contributed by atoms with E-state index in [-0.39, 0.29) is 11.3 Å². The van der Waals surface area contributed by atoms with Gasteiger partial charge in [-0.1, -0.05) is 25.1 Å². The topological polar surface area (TPSA) is 40.6 Å². The summed E-state index contributed by atoms with van der Waals surface area (Å²) >= 11 is 0. The van der Waals surface area contributed by atoms with E-state index in [1.807, 2.05) is 4.90 Å². The number of benzene rings is 2. The molecule has 144 valence electrons. The first-order chi connectivity index (χ1) is 13.5. The number of hydrogen-bond donors (Lipinski definition) is 0. The molecule has 2 aromatic rings. The van der Waals surface area contributed by atoms with Crippen molar-refractivity contribution >= 4 is 23.1 Å². The predicted octanol–water partition coefficient (Wildman–Crippen LogP) is 3.98. The number of amides is 2. The Kier molecular flexibility index (Phi) is 4.71. The molecule has 2 heterocycles. The molecule has 0 bridgehead atoms. The van der Waals surface area contributed by atoms with Crippen molar-refractivity contribution < 1.29 is 18.4 Å². The van der Waals surface area contributed by atoms with E-state index in [1.165, 1.54) is 48.5 Å². The van der Waals surface area contributed by atoms with E-state index in [1.54, 1.807) is 0 Å². The zero-order valence-corrected chi connectivity index (χ0v) is 15.5. The Bertz CT molecular complexity index is 961. The lowest BCUT2D eigenvalue weighted by Crippen LogP contribution is -2.38. The van der Waals surface area contributed by atoms with Crippen LogP contribution in [0.15, 0.2) is 54.2 Å². The molecule has 1 saturated heterocycles. The molecule has 2 aliphatic heterocycles. The number of imide groups is 1. The van der Waals surface area contributed by atoms with Crippen molar-refractivity contribution in [2.24, 2.45) is 5.92 Å². The van der Waals surface area contributed by atoms with E-state index in [2.05, 4.69) is 6.92 Å². The number of piperidine rings is 1. The molecule has 2 aromatic carbocycles. The Labute approximate surface area is 162 Å². The van der Waals surface area contributed by atoms with Gasteiger partial charge in [0.2, 0.25) is 0 Å². The number of anilines is 1. The second-order valence-corrected chi connectivity index (χ2v) is 7.33. The third-order valence-electron chi connectivity index (χ3n) is 5.36. The van der Waals surface area contributed by atoms with Gasteiger partial charge in [0, 0.05) is 13.1 Å². The van der Waals surface area contributed by atoms with Crippen molar-refractivity contribution in [1.29, 1.82) is 0 Å². The van der Waals surface area contributed by atoms with Gasteiger partial charge < -0.3 is 4.90 Å². The maximum Gasteiger partial charge on any atom is 0.282 e. The summed E-state index contributed by atoms with van der Waals surface area (Å²) in [4.78, 5) is 29.4. The quantitative estimate of drug-likeness (QED) is 0.754. The summed E-state index contributed by atoms with van der Waals surface area (Å²) in [5.74, 6) is -1.38. The van der Waals surface area contributed by atoms with Crippen LogP contribution in [-0.4, -0.2) is 29.8 Å². The summed E-state index contributed by atoms with van der Waals surface area (Å²) in [6.45, 7) is 3.49. The van der Waals surface area contributed by atoms with Gasteiger partial charge in [-0.3, -0.25) is 9.59 Å². The zero-order valence-electron chi connectivity index (χ0n) is 15.5. The maximum atomic E-state index is 13.7. The number of carbonyl (C=O) groups is 2. The van der Waals surface area contributed by atoms with Gasteiger partial charge in [-0.15, -0.1) is 0 Å². The van der Waals surface area contributed by atoms with Gasteiger partial charge in [0.25, 0.3) is 11.8 Å². The Morgan fingerprint density at radius 3 is 2.21 bits per heavy atom. The highest BCUT2D eigenvalue weighted by atomic mass is 19.1. The minimum Gasteiger partial charge on any atom is -0.366 e. The van der Waals surface area contributed by atoms with Crippen LogP contribution >= 0.6 is 0 Å². The van der Waals surface area contributed by atoms with Crippen LogP contribution in [0.4, 0.5) is 14.5 Å². The molecule has 0 unspecified atom stereocenters. The van der Waals surface area contributed by atoms with Crippen LogP contribution in [0.2, 0.25) is 0 Å². The molecule has 1 fully saturated rings. The molecule has 2 aliphatic rings. The Morgan fingerprint density at radius 2 is 1.57 bits per heavy atom. The minimum atomic E-state index is -0.526. The van der Waals surface area contributed by atoms with Crippen LogP contribution in [0.5, 0.6) is 0 Å². The fourth-order valence-corrected chi connectivity index (χ4v) is 3.77. The van der Waals surface area contributed by atoms with Crippen LogP contribution in [0.25, 0.3) is 5.57 Å². The standard InChI is InChI=1S/C22H20F2N2O2/c1-14-9-11-25(12-10-14)20-19(15-5-7-16(23)8-6-15)21(27)26(22(20)28)18-4-2-3-17(24)13-18/h2-8,13-14H,9-12H2,1H3. The lowest BCUT2D eigenvalue weighted by molar-refractivity contribution is -0.120. The molecule has 4 nitrogen and oxygen atoms in total. The molecule has 0 atom stereocenters. The van der Waals surface area contributed by atoms with Crippen molar-refractivity contribution in [1.82, 2.24) is 4.90 Å². The van der Waals surface area contributed by atoms with Crippen molar-refractivity contribution in [3.63, 3.8) is 0 Å². The van der Waals surface area contributed by atoms with Crippen LogP contribution in [0.1, 0.15) is 25.3 Å². The molecule has 6 heteroatoms. The largest absolute Gasteiger partial charge is 0.366 e. The third-order valence-corrected chi connectivity index (χ3v) is 5.36. The van der Waals surface area contributed by atoms with Crippen molar-refractivity contribution in [3.8, 4) is 0 Å². The van der Waals surface area contributed by atoms with Crippen molar-refractivity contribution in [2.45, 2.75) is 19.8 Å². The summed E-state index contributed by atoms with van der Waals surface area (Å²) in [6.07, 6.45) is 1.84. The second kappa shape index (κ2) is 7.19. The SMILES string of the molecule is CC1CCN(C2=C(c3ccc(F)cc3)C(=O)N(c3cccc(F)c3)C2=O)CC1. The molecular weight excluding hydrogens is 362 g/mol. The molecule has 28 heavy (non-hydrogen) atoms. The van der Waals surface area contributed by atoms with E-state index in [0.29, 0.717) is 30.3 Å². The first-order valence-electron chi connectivity index (χ1n) is 9.35. The van der Waals surface area contributed by atoms with Gasteiger partial charge in [-0.2, -0.15) is 0 Å². The van der Waals surface area contributed by atoms with Gasteiger partial charge in [0.1, 0.15) is 17.3 Å². The highest BCUT2D eigenvalue weighted by Crippen LogP contribution is 2.36. The monoisotopic (exact) mass is 382 g/mol. The molecule has 0 aliphatic carbocycles. The smallest absolute Gasteiger partial charge is 0.282 e. The molecule has 0 N–H and O–H groups in total. The summed E-state index contributed by atoms with van der Waals surface area (Å²) in [5.41, 5.74) is 1.22. The normalized spacial score (nSPS) is 18.4. The van der Waals surface area contributed by atoms with Crippen LogP contribution in [0, 0.1) is 17.6 Å². The highest BCUT2D eigenvalue weighted by molar-refractivity contribution is 6.45. The van der Waals surface area contributed by atoms with E-state index in [0.717, 1.165) is 17.7 Å². The molecule has 0 radical (unpaired) electrons. The Hall–Kier alpha value is -3.02. The van der Waals surface area contributed by atoms with E-state index in [9.17, 15) is 18.4 Å². The van der Waals surface area contributed by atoms with Crippen LogP contribution in [-0.2, 0) is 9.59 Å². The maximum absolute atomic E-state index is 13.7. The predicted molar refractivity (Wildman–Crippen MR) is 102 cm³/mol. The fourth-order valence-electron chi connectivity index (χ4n) is 3.77. The molecule has 2 amide bonds. The average molecular weight is 382 g/mol. The highest BCUT2D eigenvalue weighted by Gasteiger charge is 2.43. The van der Waals surface area contributed by atoms with Crippen molar-refractivity contribution in [2.75, 3.05) is 18.0 Å². The first-order valence-corrected chi connectivity index (χ1v) is 9.35. The van der Waals surface area contributed by atoms with Gasteiger partial charge in [0.15, 0.2) is 0 Å². The lowest BCUT2D eigenvalue weighted by Gasteiger charge is -2.32. The number of rotatable bonds is 3. The number of nitrogens with zero attached hydrogens (tertiary/aromatic N) is 2. The fraction of sp³-hybridized carbons (Fsp3) is 0.273. The second-order valence-electron chi connectivity index (χ2n) is 7.33. The molecular formula is C22H20F2N2O2. The van der Waals surface area contributed by atoms with E-state index < -0.39 is 23.4 Å². The molecule has 0 spiro atoms. The third kappa shape index (κ3) is 3.19. The number of carbonyl (C=O) groups excluding carboxylic acids is 2. The van der Waals surface area contributed by atoms with Gasteiger partial charge in [-0.25, -0.2) is 13.7 Å². The summed E-state index contributed by atoms with van der Waals surface area (Å²) in [5, 5.41) is 0. The summed E-state index contributed by atoms with van der Waals surface area (Å²) in [7, 11) is 0. The Morgan fingerprint density at radius 1 is 0.893 bits per heavy atom. The van der Waals surface area contributed by atoms with Crippen molar-refractivity contribution in [3.05, 3.63) is 71.4 Å². The number of hydrogen-bond acceptors (Lipinski definition) is 3.